The van der Waals surface area contributed by atoms with Gasteiger partial charge in [0.15, 0.2) is 17.4 Å². The molecule has 0 unspecified atom stereocenters. The van der Waals surface area contributed by atoms with Crippen molar-refractivity contribution < 1.29 is 23.0 Å². The lowest BCUT2D eigenvalue weighted by atomic mass is 10.3. The number of benzene rings is 1. The van der Waals surface area contributed by atoms with Crippen molar-refractivity contribution in [3.63, 3.8) is 0 Å². The Labute approximate surface area is 66.2 Å². The molecule has 0 saturated heterocycles. The lowest BCUT2D eigenvalue weighted by molar-refractivity contribution is 0.327. The second-order valence-corrected chi connectivity index (χ2v) is 2.04. The largest absolute Gasteiger partial charge is 0.502 e. The molecule has 1 aromatic rings. The van der Waals surface area contributed by atoms with Gasteiger partial charge in [0.05, 0.1) is 7.11 Å². The molecule has 12 heavy (non-hydrogen) atoms. The van der Waals surface area contributed by atoms with Crippen LogP contribution in [-0.4, -0.2) is 12.2 Å². The third-order valence-corrected chi connectivity index (χ3v) is 1.31. The van der Waals surface area contributed by atoms with Crippen LogP contribution in [0.2, 0.25) is 0 Å². The van der Waals surface area contributed by atoms with Crippen LogP contribution in [0.15, 0.2) is 6.07 Å². The lowest BCUT2D eigenvalue weighted by Gasteiger charge is -2.04. The van der Waals surface area contributed by atoms with Gasteiger partial charge in [-0.2, -0.15) is 4.39 Å². The molecule has 0 spiro atoms. The molecule has 0 aliphatic rings. The van der Waals surface area contributed by atoms with Crippen molar-refractivity contribution in [1.82, 2.24) is 0 Å². The van der Waals surface area contributed by atoms with Crippen molar-refractivity contribution in [2.24, 2.45) is 0 Å². The molecule has 0 aromatic heterocycles. The molecular weight excluding hydrogens is 173 g/mol. The van der Waals surface area contributed by atoms with E-state index in [4.69, 9.17) is 5.11 Å². The fourth-order valence-electron chi connectivity index (χ4n) is 0.760. The molecule has 1 aromatic carbocycles. The van der Waals surface area contributed by atoms with Crippen LogP contribution < -0.4 is 4.74 Å². The molecule has 0 bridgehead atoms. The Morgan fingerprint density at radius 2 is 1.83 bits per heavy atom. The van der Waals surface area contributed by atoms with Crippen LogP contribution >= 0.6 is 0 Å². The van der Waals surface area contributed by atoms with E-state index in [0.29, 0.717) is 6.07 Å². The highest BCUT2D eigenvalue weighted by Gasteiger charge is 2.18. The molecule has 66 valence electrons. The Morgan fingerprint density at radius 3 is 2.33 bits per heavy atom. The summed E-state index contributed by atoms with van der Waals surface area (Å²) in [5.74, 6) is -5.98. The smallest absolute Gasteiger partial charge is 0.204 e. The number of hydrogen-bond donors (Lipinski definition) is 1. The number of hydrogen-bond acceptors (Lipinski definition) is 2. The number of phenols is 1. The summed E-state index contributed by atoms with van der Waals surface area (Å²) in [6.45, 7) is 0. The maximum atomic E-state index is 12.6. The third-order valence-electron chi connectivity index (χ3n) is 1.31. The number of methoxy groups -OCH3 is 1. The molecule has 0 heterocycles. The van der Waals surface area contributed by atoms with Crippen LogP contribution in [-0.2, 0) is 0 Å². The van der Waals surface area contributed by atoms with Crippen LogP contribution in [0.3, 0.4) is 0 Å². The van der Waals surface area contributed by atoms with Crippen LogP contribution in [0.1, 0.15) is 0 Å². The zero-order valence-corrected chi connectivity index (χ0v) is 6.07. The zero-order chi connectivity index (χ0) is 9.30. The van der Waals surface area contributed by atoms with Crippen LogP contribution in [0.25, 0.3) is 0 Å². The molecule has 0 fully saturated rings. The van der Waals surface area contributed by atoms with Gasteiger partial charge in [0.2, 0.25) is 11.6 Å². The summed E-state index contributed by atoms with van der Waals surface area (Å²) in [5, 5.41) is 8.78. The van der Waals surface area contributed by atoms with Gasteiger partial charge >= 0.3 is 0 Å². The normalized spacial score (nSPS) is 10.0. The van der Waals surface area contributed by atoms with Gasteiger partial charge in [-0.15, -0.1) is 0 Å². The van der Waals surface area contributed by atoms with Crippen molar-refractivity contribution in [3.8, 4) is 11.5 Å². The minimum absolute atomic E-state index is 0.299. The predicted molar refractivity (Wildman–Crippen MR) is 34.5 cm³/mol. The number of ether oxygens (including phenoxy) is 1. The van der Waals surface area contributed by atoms with Gasteiger partial charge in [-0.05, 0) is 0 Å². The average molecular weight is 178 g/mol. The van der Waals surface area contributed by atoms with E-state index in [0.717, 1.165) is 7.11 Å². The van der Waals surface area contributed by atoms with Crippen LogP contribution in [0.4, 0.5) is 13.2 Å². The fourth-order valence-corrected chi connectivity index (χ4v) is 0.760. The average Bonchev–Trinajstić information content (AvgIpc) is 2.01. The van der Waals surface area contributed by atoms with Crippen molar-refractivity contribution in [3.05, 3.63) is 23.5 Å². The monoisotopic (exact) mass is 178 g/mol. The summed E-state index contributed by atoms with van der Waals surface area (Å²) in [4.78, 5) is 0. The number of aromatic hydroxyl groups is 1. The van der Waals surface area contributed by atoms with Gasteiger partial charge in [0.25, 0.3) is 0 Å². The Hall–Kier alpha value is -1.39. The Bertz CT molecular complexity index is 312. The second-order valence-electron chi connectivity index (χ2n) is 2.04. The molecule has 1 N–H and O–H groups in total. The van der Waals surface area contributed by atoms with Crippen molar-refractivity contribution in [2.75, 3.05) is 7.11 Å². The lowest BCUT2D eigenvalue weighted by Crippen LogP contribution is -1.94. The second kappa shape index (κ2) is 2.92. The van der Waals surface area contributed by atoms with Gasteiger partial charge in [0.1, 0.15) is 0 Å². The third kappa shape index (κ3) is 1.17. The summed E-state index contributed by atoms with van der Waals surface area (Å²) in [6.07, 6.45) is 0. The van der Waals surface area contributed by atoms with Crippen LogP contribution in [0.5, 0.6) is 11.5 Å². The molecular formula is C7H5F3O2. The topological polar surface area (TPSA) is 29.5 Å². The van der Waals surface area contributed by atoms with Gasteiger partial charge in [0, 0.05) is 6.07 Å². The van der Waals surface area contributed by atoms with E-state index in [9.17, 15) is 13.2 Å². The minimum atomic E-state index is -1.52. The van der Waals surface area contributed by atoms with Gasteiger partial charge < -0.3 is 9.84 Å². The summed E-state index contributed by atoms with van der Waals surface area (Å²) >= 11 is 0. The molecule has 0 amide bonds. The first-order chi connectivity index (χ1) is 5.57. The standard InChI is InChI=1S/C7H5F3O2/c1-12-7-4(9)2-3(8)5(10)6(7)11/h2,11H,1H3. The molecule has 5 heteroatoms. The minimum Gasteiger partial charge on any atom is -0.502 e. The van der Waals surface area contributed by atoms with E-state index in [1.54, 1.807) is 0 Å². The quantitative estimate of drug-likeness (QED) is 0.664. The maximum Gasteiger partial charge on any atom is 0.204 e. The molecule has 1 rings (SSSR count). The van der Waals surface area contributed by atoms with E-state index in [2.05, 4.69) is 4.74 Å². The van der Waals surface area contributed by atoms with E-state index < -0.39 is 29.0 Å². The zero-order valence-electron chi connectivity index (χ0n) is 6.07. The van der Waals surface area contributed by atoms with Gasteiger partial charge in [-0.3, -0.25) is 0 Å². The molecule has 0 saturated carbocycles. The number of halogens is 3. The predicted octanol–water partition coefficient (Wildman–Crippen LogP) is 1.82. The first-order valence-electron chi connectivity index (χ1n) is 2.98. The first kappa shape index (κ1) is 8.70. The van der Waals surface area contributed by atoms with Gasteiger partial charge in [-0.25, -0.2) is 8.78 Å². The van der Waals surface area contributed by atoms with E-state index in [1.807, 2.05) is 0 Å². The Morgan fingerprint density at radius 1 is 1.25 bits per heavy atom. The molecule has 0 aliphatic heterocycles. The van der Waals surface area contributed by atoms with E-state index in [-0.39, 0.29) is 0 Å². The van der Waals surface area contributed by atoms with Crippen molar-refractivity contribution in [2.45, 2.75) is 0 Å². The molecule has 0 atom stereocenters. The highest BCUT2D eigenvalue weighted by Crippen LogP contribution is 2.32. The number of phenolic OH excluding ortho intramolecular Hbond substituents is 1. The van der Waals surface area contributed by atoms with Crippen molar-refractivity contribution in [1.29, 1.82) is 0 Å². The summed E-state index contributed by atoms with van der Waals surface area (Å²) in [7, 11) is 1.04. The van der Waals surface area contributed by atoms with E-state index in [1.165, 1.54) is 0 Å². The van der Waals surface area contributed by atoms with Crippen LogP contribution in [0, 0.1) is 17.5 Å². The summed E-state index contributed by atoms with van der Waals surface area (Å²) < 4.78 is 41.7. The molecule has 0 radical (unpaired) electrons. The maximum absolute atomic E-state index is 12.6. The first-order valence-corrected chi connectivity index (χ1v) is 2.98. The number of rotatable bonds is 1. The highest BCUT2D eigenvalue weighted by molar-refractivity contribution is 5.41. The SMILES string of the molecule is COc1c(F)cc(F)c(F)c1O. The highest BCUT2D eigenvalue weighted by atomic mass is 19.2. The van der Waals surface area contributed by atoms with Crippen molar-refractivity contribution >= 4 is 0 Å². The van der Waals surface area contributed by atoms with Gasteiger partial charge in [-0.1, -0.05) is 0 Å². The Kier molecular flexibility index (Phi) is 2.12. The summed E-state index contributed by atoms with van der Waals surface area (Å²) in [5.41, 5.74) is 0. The molecule has 2 nitrogen and oxygen atoms in total. The summed E-state index contributed by atoms with van der Waals surface area (Å²) in [6, 6.07) is 0.299. The van der Waals surface area contributed by atoms with E-state index >= 15 is 0 Å². The fraction of sp³-hybridized carbons (Fsp3) is 0.143. The Balaban J connectivity index is 3.40. The molecule has 0 aliphatic carbocycles.